The van der Waals surface area contributed by atoms with Crippen molar-refractivity contribution in [3.63, 3.8) is 0 Å². The maximum absolute atomic E-state index is 12.5. The number of H-pyrrole nitrogens is 1. The molecule has 2 fully saturated rings. The summed E-state index contributed by atoms with van der Waals surface area (Å²) in [6.07, 6.45) is -1.79. The first-order valence-electron chi connectivity index (χ1n) is 8.83. The Balaban J connectivity index is 1.78. The van der Waals surface area contributed by atoms with Gasteiger partial charge in [-0.2, -0.15) is 0 Å². The summed E-state index contributed by atoms with van der Waals surface area (Å²) < 4.78 is 11.7. The molecule has 1 aromatic rings. The zero-order chi connectivity index (χ0) is 19.6. The molecule has 4 N–H and O–H groups in total. The minimum Gasteiger partial charge on any atom is -0.394 e. The second-order valence-corrected chi connectivity index (χ2v) is 6.62. The molecule has 0 aromatic carbocycles. The summed E-state index contributed by atoms with van der Waals surface area (Å²) in [5.41, 5.74) is -1.80. The van der Waals surface area contributed by atoms with Crippen molar-refractivity contribution in [2.45, 2.75) is 37.9 Å². The van der Waals surface area contributed by atoms with Crippen molar-refractivity contribution >= 4 is 5.91 Å². The van der Waals surface area contributed by atoms with Crippen LogP contribution in [0, 0.1) is 0 Å². The lowest BCUT2D eigenvalue weighted by molar-refractivity contribution is -0.0459. The molecule has 4 atom stereocenters. The van der Waals surface area contributed by atoms with Gasteiger partial charge in [-0.3, -0.25) is 24.0 Å². The lowest BCUT2D eigenvalue weighted by Gasteiger charge is -2.32. The average molecular weight is 384 g/mol. The molecule has 11 nitrogen and oxygen atoms in total. The van der Waals surface area contributed by atoms with Crippen molar-refractivity contribution in [1.29, 1.82) is 0 Å². The molecule has 0 aliphatic carbocycles. The number of carbonyl (C=O) groups excluding carboxylic acids is 1. The summed E-state index contributed by atoms with van der Waals surface area (Å²) in [6, 6.07) is 0. The summed E-state index contributed by atoms with van der Waals surface area (Å²) in [4.78, 5) is 40.9. The van der Waals surface area contributed by atoms with E-state index < -0.39 is 42.2 Å². The van der Waals surface area contributed by atoms with Crippen molar-refractivity contribution < 1.29 is 24.5 Å². The van der Waals surface area contributed by atoms with Crippen molar-refractivity contribution in [3.05, 3.63) is 32.6 Å². The van der Waals surface area contributed by atoms with Gasteiger partial charge in [0.15, 0.2) is 0 Å². The Morgan fingerprint density at radius 2 is 2.11 bits per heavy atom. The van der Waals surface area contributed by atoms with Crippen LogP contribution in [0.3, 0.4) is 0 Å². The minimum absolute atomic E-state index is 0.0580. The van der Waals surface area contributed by atoms with Gasteiger partial charge in [-0.25, -0.2) is 4.79 Å². The van der Waals surface area contributed by atoms with E-state index in [1.807, 2.05) is 4.90 Å². The van der Waals surface area contributed by atoms with Crippen LogP contribution in [0.15, 0.2) is 15.8 Å². The van der Waals surface area contributed by atoms with Crippen LogP contribution in [0.5, 0.6) is 0 Å². The summed E-state index contributed by atoms with van der Waals surface area (Å²) in [5.74, 6) is -0.624. The van der Waals surface area contributed by atoms with Crippen molar-refractivity contribution in [2.75, 3.05) is 32.9 Å². The molecule has 0 saturated carbocycles. The molecule has 2 aliphatic rings. The zero-order valence-corrected chi connectivity index (χ0v) is 15.0. The lowest BCUT2D eigenvalue weighted by Crippen LogP contribution is -2.51. The first-order chi connectivity index (χ1) is 12.9. The number of aromatic amines is 1. The van der Waals surface area contributed by atoms with E-state index in [4.69, 9.17) is 9.47 Å². The van der Waals surface area contributed by atoms with Crippen LogP contribution in [0.4, 0.5) is 0 Å². The number of aromatic nitrogens is 2. The normalized spacial score (nSPS) is 27.4. The third kappa shape index (κ3) is 4.28. The fourth-order valence-electron chi connectivity index (χ4n) is 3.23. The van der Waals surface area contributed by atoms with Crippen LogP contribution in [0.2, 0.25) is 0 Å². The highest BCUT2D eigenvalue weighted by Crippen LogP contribution is 2.27. The number of hydrogen-bond donors (Lipinski definition) is 4. The molecule has 2 saturated heterocycles. The fourth-order valence-corrected chi connectivity index (χ4v) is 3.23. The summed E-state index contributed by atoms with van der Waals surface area (Å²) in [5, 5.41) is 21.8. The molecule has 1 unspecified atom stereocenters. The molecule has 0 radical (unpaired) electrons. The van der Waals surface area contributed by atoms with E-state index >= 15 is 0 Å². The number of aliphatic hydroxyl groups is 2. The van der Waals surface area contributed by atoms with Gasteiger partial charge >= 0.3 is 5.69 Å². The number of morpholine rings is 1. The predicted octanol–water partition coefficient (Wildman–Crippen LogP) is -2.41. The van der Waals surface area contributed by atoms with E-state index in [9.17, 15) is 24.6 Å². The number of carbonyl (C=O) groups is 1. The van der Waals surface area contributed by atoms with Gasteiger partial charge in [0.1, 0.15) is 17.9 Å². The van der Waals surface area contributed by atoms with Crippen LogP contribution in [-0.4, -0.2) is 81.9 Å². The highest BCUT2D eigenvalue weighted by atomic mass is 16.5. The van der Waals surface area contributed by atoms with Gasteiger partial charge in [-0.05, 0) is 6.92 Å². The summed E-state index contributed by atoms with van der Waals surface area (Å²) in [7, 11) is 0. The van der Waals surface area contributed by atoms with Crippen LogP contribution in [0.1, 0.15) is 29.9 Å². The number of nitrogens with zero attached hydrogens (tertiary/aromatic N) is 2. The van der Waals surface area contributed by atoms with Crippen molar-refractivity contribution in [3.8, 4) is 0 Å². The molecule has 11 heteroatoms. The number of hydrogen-bond acceptors (Lipinski definition) is 8. The number of ether oxygens (including phenoxy) is 2. The van der Waals surface area contributed by atoms with Crippen molar-refractivity contribution in [1.82, 2.24) is 19.8 Å². The van der Waals surface area contributed by atoms with Gasteiger partial charge in [-0.15, -0.1) is 0 Å². The topological polar surface area (TPSA) is 146 Å². The summed E-state index contributed by atoms with van der Waals surface area (Å²) in [6.45, 7) is 3.86. The second-order valence-electron chi connectivity index (χ2n) is 6.62. The number of aliphatic hydroxyl groups excluding tert-OH is 2. The lowest BCUT2D eigenvalue weighted by atomic mass is 10.2. The predicted molar refractivity (Wildman–Crippen MR) is 92.3 cm³/mol. The minimum atomic E-state index is -0.947. The van der Waals surface area contributed by atoms with E-state index in [1.165, 1.54) is 0 Å². The van der Waals surface area contributed by atoms with Gasteiger partial charge in [0, 0.05) is 25.7 Å². The molecular formula is C16H24N4O7. The smallest absolute Gasteiger partial charge is 0.330 e. The molecular weight excluding hydrogens is 360 g/mol. The molecule has 27 heavy (non-hydrogen) atoms. The van der Waals surface area contributed by atoms with Crippen molar-refractivity contribution in [2.24, 2.45) is 0 Å². The van der Waals surface area contributed by atoms with Gasteiger partial charge in [0.05, 0.1) is 32.1 Å². The average Bonchev–Trinajstić information content (AvgIpc) is 3.02. The maximum Gasteiger partial charge on any atom is 0.330 e. The van der Waals surface area contributed by atoms with Crippen LogP contribution < -0.4 is 16.6 Å². The van der Waals surface area contributed by atoms with Crippen LogP contribution in [0.25, 0.3) is 0 Å². The van der Waals surface area contributed by atoms with Gasteiger partial charge in [-0.1, -0.05) is 0 Å². The standard InChI is InChI=1S/C16H24N4O7/c1-9(19-2-4-26-5-3-19)17-14(23)10-7-20(16(25)18-15(10)24)13-6-11(22)12(8-21)27-13/h7,9,11-13,21-22H,2-6,8H2,1H3,(H,17,23)(H,18,24,25)/t9?,11-,12+,13+/m0/s1. The monoisotopic (exact) mass is 384 g/mol. The Morgan fingerprint density at radius 1 is 1.41 bits per heavy atom. The first kappa shape index (κ1) is 19.7. The summed E-state index contributed by atoms with van der Waals surface area (Å²) >= 11 is 0. The molecule has 1 aromatic heterocycles. The van der Waals surface area contributed by atoms with E-state index in [2.05, 4.69) is 10.3 Å². The zero-order valence-electron chi connectivity index (χ0n) is 15.0. The molecule has 3 heterocycles. The molecule has 150 valence electrons. The molecule has 0 bridgehead atoms. The van der Waals surface area contributed by atoms with E-state index in [-0.39, 0.29) is 18.2 Å². The van der Waals surface area contributed by atoms with Gasteiger partial charge < -0.3 is 25.0 Å². The maximum atomic E-state index is 12.5. The Labute approximate surface area is 154 Å². The molecule has 0 spiro atoms. The van der Waals surface area contributed by atoms with E-state index in [0.717, 1.165) is 10.8 Å². The highest BCUT2D eigenvalue weighted by Gasteiger charge is 2.35. The second kappa shape index (κ2) is 8.31. The Kier molecular flexibility index (Phi) is 6.07. The van der Waals surface area contributed by atoms with E-state index in [1.54, 1.807) is 6.92 Å². The largest absolute Gasteiger partial charge is 0.394 e. The fraction of sp³-hybridized carbons (Fsp3) is 0.688. The van der Waals surface area contributed by atoms with Crippen LogP contribution in [-0.2, 0) is 9.47 Å². The number of amides is 1. The quantitative estimate of drug-likeness (QED) is 0.439. The Bertz CT molecular complexity index is 786. The number of rotatable bonds is 5. The van der Waals surface area contributed by atoms with Gasteiger partial charge in [0.2, 0.25) is 0 Å². The molecule has 2 aliphatic heterocycles. The third-order valence-electron chi connectivity index (χ3n) is 4.84. The highest BCUT2D eigenvalue weighted by molar-refractivity contribution is 5.93. The van der Waals surface area contributed by atoms with Gasteiger partial charge in [0.25, 0.3) is 11.5 Å². The Hall–Kier alpha value is -2.05. The molecule has 1 amide bonds. The number of nitrogens with one attached hydrogen (secondary N) is 2. The Morgan fingerprint density at radius 3 is 2.74 bits per heavy atom. The third-order valence-corrected chi connectivity index (χ3v) is 4.84. The molecule has 3 rings (SSSR count). The SMILES string of the molecule is CC(NC(=O)c1cn([C@H]2C[C@H](O)[C@@H](CO)O2)c(=O)[nH]c1=O)N1CCOCC1. The van der Waals surface area contributed by atoms with E-state index in [0.29, 0.717) is 26.3 Å². The first-order valence-corrected chi connectivity index (χ1v) is 8.83. The van der Waals surface area contributed by atoms with Crippen LogP contribution >= 0.6 is 0 Å².